The largest absolute Gasteiger partial charge is 0.477 e. The van der Waals surface area contributed by atoms with E-state index in [2.05, 4.69) is 5.16 Å². The third-order valence-electron chi connectivity index (χ3n) is 2.44. The van der Waals surface area contributed by atoms with Gasteiger partial charge in [-0.2, -0.15) is 0 Å². The summed E-state index contributed by atoms with van der Waals surface area (Å²) in [7, 11) is 1.50. The number of ether oxygens (including phenoxy) is 1. The molecule has 1 heterocycles. The number of carboxylic acid groups (broad SMARTS) is 1. The van der Waals surface area contributed by atoms with Crippen molar-refractivity contribution in [2.75, 3.05) is 33.4 Å². The number of oxime groups is 1. The Kier molecular flexibility index (Phi) is 5.53. The predicted molar refractivity (Wildman–Crippen MR) is 60.1 cm³/mol. The van der Waals surface area contributed by atoms with E-state index in [4.69, 9.17) is 19.8 Å². The van der Waals surface area contributed by atoms with Gasteiger partial charge in [0.1, 0.15) is 0 Å². The van der Waals surface area contributed by atoms with E-state index in [1.54, 1.807) is 0 Å². The minimum Gasteiger partial charge on any atom is -0.477 e. The van der Waals surface area contributed by atoms with Gasteiger partial charge in [-0.15, -0.1) is 0 Å². The molecule has 1 aliphatic heterocycles. The molecule has 0 aromatic carbocycles. The number of methoxy groups -OCH3 is 1. The number of hydrogen-bond donors (Lipinski definition) is 2. The highest BCUT2D eigenvalue weighted by atomic mass is 16.6. The van der Waals surface area contributed by atoms with E-state index < -0.39 is 18.0 Å². The van der Waals surface area contributed by atoms with Gasteiger partial charge in [-0.3, -0.25) is 4.79 Å². The molecule has 102 valence electrons. The van der Waals surface area contributed by atoms with E-state index in [9.17, 15) is 9.59 Å². The summed E-state index contributed by atoms with van der Waals surface area (Å²) >= 11 is 0. The van der Waals surface area contributed by atoms with Gasteiger partial charge in [-0.1, -0.05) is 5.16 Å². The monoisotopic (exact) mass is 260 g/mol. The standard InChI is InChI=1S/C10H16N2O6/c1-17-5-3-12(2-4-13)9(14)8-6-7(10(15)16)11-18-8/h8,13H,2-6H2,1H3,(H,15,16). The summed E-state index contributed by atoms with van der Waals surface area (Å²) in [5.74, 6) is -1.60. The Balaban J connectivity index is 2.54. The summed E-state index contributed by atoms with van der Waals surface area (Å²) in [6.07, 6.45) is -0.997. The molecule has 2 N–H and O–H groups in total. The maximum atomic E-state index is 12.0. The average Bonchev–Trinajstić information content (AvgIpc) is 2.83. The third-order valence-corrected chi connectivity index (χ3v) is 2.44. The lowest BCUT2D eigenvalue weighted by Crippen LogP contribution is -2.42. The van der Waals surface area contributed by atoms with Gasteiger partial charge in [-0.05, 0) is 0 Å². The van der Waals surface area contributed by atoms with E-state index in [0.717, 1.165) is 0 Å². The number of nitrogens with zero attached hydrogens (tertiary/aromatic N) is 2. The van der Waals surface area contributed by atoms with Gasteiger partial charge >= 0.3 is 5.97 Å². The second-order valence-corrected chi connectivity index (χ2v) is 3.68. The van der Waals surface area contributed by atoms with Crippen molar-refractivity contribution in [1.82, 2.24) is 4.90 Å². The average molecular weight is 260 g/mol. The Hall–Kier alpha value is -1.67. The number of aliphatic carboxylic acids is 1. The molecule has 0 saturated carbocycles. The van der Waals surface area contributed by atoms with Crippen molar-refractivity contribution in [2.45, 2.75) is 12.5 Å². The summed E-state index contributed by atoms with van der Waals surface area (Å²) in [5.41, 5.74) is -0.177. The molecular formula is C10H16N2O6. The van der Waals surface area contributed by atoms with Crippen molar-refractivity contribution in [3.05, 3.63) is 0 Å². The van der Waals surface area contributed by atoms with Crippen molar-refractivity contribution < 1.29 is 29.4 Å². The highest BCUT2D eigenvalue weighted by Crippen LogP contribution is 2.13. The number of aliphatic hydroxyl groups excluding tert-OH is 1. The lowest BCUT2D eigenvalue weighted by atomic mass is 10.1. The van der Waals surface area contributed by atoms with Crippen LogP contribution in [-0.2, 0) is 19.2 Å². The van der Waals surface area contributed by atoms with Crippen molar-refractivity contribution in [3.63, 3.8) is 0 Å². The molecule has 0 aromatic heterocycles. The molecule has 1 aliphatic rings. The van der Waals surface area contributed by atoms with Gasteiger partial charge in [0.15, 0.2) is 5.71 Å². The number of carbonyl (C=O) groups excluding carboxylic acids is 1. The van der Waals surface area contributed by atoms with E-state index in [0.29, 0.717) is 13.2 Å². The van der Waals surface area contributed by atoms with Crippen molar-refractivity contribution in [1.29, 1.82) is 0 Å². The first-order chi connectivity index (χ1) is 8.60. The Morgan fingerprint density at radius 3 is 2.78 bits per heavy atom. The number of amides is 1. The van der Waals surface area contributed by atoms with Gasteiger partial charge in [0.05, 0.1) is 13.2 Å². The predicted octanol–water partition coefficient (Wildman–Crippen LogP) is -1.32. The number of carbonyl (C=O) groups is 2. The molecule has 1 unspecified atom stereocenters. The van der Waals surface area contributed by atoms with E-state index in [-0.39, 0.29) is 25.3 Å². The minimum absolute atomic E-state index is 0.0664. The molecule has 1 amide bonds. The van der Waals surface area contributed by atoms with Crippen LogP contribution in [0, 0.1) is 0 Å². The van der Waals surface area contributed by atoms with Gasteiger partial charge in [-0.25, -0.2) is 4.79 Å². The first kappa shape index (κ1) is 14.4. The quantitative estimate of drug-likeness (QED) is 0.588. The van der Waals surface area contributed by atoms with Crippen LogP contribution in [0.1, 0.15) is 6.42 Å². The van der Waals surface area contributed by atoms with Crippen molar-refractivity contribution in [2.24, 2.45) is 5.16 Å². The maximum absolute atomic E-state index is 12.0. The second kappa shape index (κ2) is 6.92. The Labute approximate surface area is 104 Å². The van der Waals surface area contributed by atoms with Crippen LogP contribution in [0.15, 0.2) is 5.16 Å². The lowest BCUT2D eigenvalue weighted by Gasteiger charge is -2.23. The van der Waals surface area contributed by atoms with Crippen LogP contribution in [0.2, 0.25) is 0 Å². The molecule has 0 spiro atoms. The van der Waals surface area contributed by atoms with Crippen molar-refractivity contribution in [3.8, 4) is 0 Å². The molecule has 0 aliphatic carbocycles. The van der Waals surface area contributed by atoms with Crippen LogP contribution < -0.4 is 0 Å². The Bertz CT molecular complexity index is 343. The van der Waals surface area contributed by atoms with Gasteiger partial charge < -0.3 is 24.7 Å². The highest BCUT2D eigenvalue weighted by Gasteiger charge is 2.34. The molecule has 1 rings (SSSR count). The Morgan fingerprint density at radius 1 is 1.56 bits per heavy atom. The summed E-state index contributed by atoms with van der Waals surface area (Å²) < 4.78 is 4.85. The summed E-state index contributed by atoms with van der Waals surface area (Å²) in [4.78, 5) is 28.8. The van der Waals surface area contributed by atoms with Crippen LogP contribution >= 0.6 is 0 Å². The SMILES string of the molecule is COCCN(CCO)C(=O)C1CC(C(=O)O)=NO1. The fraction of sp³-hybridized carbons (Fsp3) is 0.700. The van der Waals surface area contributed by atoms with E-state index >= 15 is 0 Å². The molecular weight excluding hydrogens is 244 g/mol. The molecule has 0 bridgehead atoms. The molecule has 0 radical (unpaired) electrons. The summed E-state index contributed by atoms with van der Waals surface area (Å²) in [6.45, 7) is 0.586. The first-order valence-electron chi connectivity index (χ1n) is 5.44. The van der Waals surface area contributed by atoms with Crippen LogP contribution in [0.25, 0.3) is 0 Å². The lowest BCUT2D eigenvalue weighted by molar-refractivity contribution is -0.143. The fourth-order valence-corrected chi connectivity index (χ4v) is 1.49. The Morgan fingerprint density at radius 2 is 2.28 bits per heavy atom. The van der Waals surface area contributed by atoms with Gasteiger partial charge in [0.2, 0.25) is 6.10 Å². The number of hydrogen-bond acceptors (Lipinski definition) is 6. The topological polar surface area (TPSA) is 109 Å². The molecule has 0 fully saturated rings. The molecule has 8 heteroatoms. The molecule has 0 aromatic rings. The van der Waals surface area contributed by atoms with Gasteiger partial charge in [0.25, 0.3) is 5.91 Å². The zero-order valence-electron chi connectivity index (χ0n) is 10.0. The first-order valence-corrected chi connectivity index (χ1v) is 5.44. The molecule has 18 heavy (non-hydrogen) atoms. The molecule has 8 nitrogen and oxygen atoms in total. The van der Waals surface area contributed by atoms with Crippen LogP contribution in [0.5, 0.6) is 0 Å². The molecule has 0 saturated heterocycles. The third kappa shape index (κ3) is 3.67. The normalized spacial score (nSPS) is 18.1. The summed E-state index contributed by atoms with van der Waals surface area (Å²) in [6, 6.07) is 0. The van der Waals surface area contributed by atoms with E-state index in [1.807, 2.05) is 0 Å². The van der Waals surface area contributed by atoms with Crippen molar-refractivity contribution >= 4 is 17.6 Å². The smallest absolute Gasteiger partial charge is 0.353 e. The van der Waals surface area contributed by atoms with Crippen LogP contribution in [0.4, 0.5) is 0 Å². The highest BCUT2D eigenvalue weighted by molar-refractivity contribution is 6.36. The van der Waals surface area contributed by atoms with Crippen LogP contribution in [-0.4, -0.2) is 72.2 Å². The second-order valence-electron chi connectivity index (χ2n) is 3.68. The number of rotatable bonds is 7. The summed E-state index contributed by atoms with van der Waals surface area (Å²) in [5, 5.41) is 20.9. The fourth-order valence-electron chi connectivity index (χ4n) is 1.49. The van der Waals surface area contributed by atoms with Crippen LogP contribution in [0.3, 0.4) is 0 Å². The zero-order chi connectivity index (χ0) is 13.5. The molecule has 1 atom stereocenters. The number of carboxylic acids is 1. The maximum Gasteiger partial charge on any atom is 0.353 e. The van der Waals surface area contributed by atoms with Gasteiger partial charge in [0, 0.05) is 26.6 Å². The zero-order valence-corrected chi connectivity index (χ0v) is 10.0. The minimum atomic E-state index is -1.20. The van der Waals surface area contributed by atoms with E-state index in [1.165, 1.54) is 12.0 Å². The number of aliphatic hydroxyl groups is 1.